The van der Waals surface area contributed by atoms with Crippen LogP contribution in [-0.2, 0) is 0 Å². The summed E-state index contributed by atoms with van der Waals surface area (Å²) in [6, 6.07) is 7.75. The zero-order valence-corrected chi connectivity index (χ0v) is 12.8. The number of rotatable bonds is 6. The zero-order valence-electron chi connectivity index (χ0n) is 12.8. The van der Waals surface area contributed by atoms with Gasteiger partial charge in [-0.3, -0.25) is 15.1 Å². The van der Waals surface area contributed by atoms with Gasteiger partial charge < -0.3 is 4.74 Å². The van der Waals surface area contributed by atoms with Crippen LogP contribution in [0.15, 0.2) is 24.3 Å². The van der Waals surface area contributed by atoms with E-state index >= 15 is 0 Å². The maximum absolute atomic E-state index is 11.5. The Bertz CT molecular complexity index is 476. The number of benzene rings is 1. The summed E-state index contributed by atoms with van der Waals surface area (Å²) in [7, 11) is 0. The zero-order chi connectivity index (χ0) is 15.2. The normalized spacial score (nSPS) is 19.0. The van der Waals surface area contributed by atoms with Gasteiger partial charge in [-0.2, -0.15) is 0 Å². The van der Waals surface area contributed by atoms with Gasteiger partial charge in [0.25, 0.3) is 5.91 Å². The van der Waals surface area contributed by atoms with Crippen LogP contribution in [0.1, 0.15) is 37.0 Å². The number of nitrogens with two attached hydrogens (primary N) is 1. The van der Waals surface area contributed by atoms with Crippen molar-refractivity contribution in [2.75, 3.05) is 19.7 Å². The molecule has 1 aliphatic heterocycles. The van der Waals surface area contributed by atoms with E-state index in [1.807, 2.05) is 6.07 Å². The van der Waals surface area contributed by atoms with E-state index in [1.54, 1.807) is 18.2 Å². The Balaban J connectivity index is 1.85. The highest BCUT2D eigenvalue weighted by Crippen LogP contribution is 2.23. The number of nitrogens with one attached hydrogen (secondary N) is 1. The number of hydrogen-bond donors (Lipinski definition) is 2. The molecule has 0 aromatic heterocycles. The minimum absolute atomic E-state index is 0.306. The average Bonchev–Trinajstić information content (AvgIpc) is 2.95. The molecular formula is C16H25N3O2. The van der Waals surface area contributed by atoms with Crippen LogP contribution >= 0.6 is 0 Å². The monoisotopic (exact) mass is 291 g/mol. The largest absolute Gasteiger partial charge is 0.492 e. The van der Waals surface area contributed by atoms with Crippen molar-refractivity contribution in [3.05, 3.63) is 29.8 Å². The Morgan fingerprint density at radius 1 is 1.52 bits per heavy atom. The fraction of sp³-hybridized carbons (Fsp3) is 0.562. The predicted octanol–water partition coefficient (Wildman–Crippen LogP) is 1.79. The van der Waals surface area contributed by atoms with Crippen LogP contribution in [0.25, 0.3) is 0 Å². The predicted molar refractivity (Wildman–Crippen MR) is 83.0 cm³/mol. The fourth-order valence-electron chi connectivity index (χ4n) is 2.98. The number of hydrazine groups is 1. The van der Waals surface area contributed by atoms with Crippen LogP contribution in [0.5, 0.6) is 5.75 Å². The Morgan fingerprint density at radius 3 is 3.05 bits per heavy atom. The van der Waals surface area contributed by atoms with Crippen molar-refractivity contribution < 1.29 is 9.53 Å². The third kappa shape index (κ3) is 4.19. The molecule has 1 aromatic rings. The first-order valence-corrected chi connectivity index (χ1v) is 7.59. The van der Waals surface area contributed by atoms with Gasteiger partial charge in [0.05, 0.1) is 0 Å². The number of carbonyl (C=O) groups excluding carboxylic acids is 1. The van der Waals surface area contributed by atoms with Gasteiger partial charge in [-0.1, -0.05) is 19.9 Å². The van der Waals surface area contributed by atoms with Crippen molar-refractivity contribution in [2.45, 2.75) is 32.7 Å². The highest BCUT2D eigenvalue weighted by atomic mass is 16.5. The quantitative estimate of drug-likeness (QED) is 0.476. The van der Waals surface area contributed by atoms with Crippen LogP contribution in [0.3, 0.4) is 0 Å². The van der Waals surface area contributed by atoms with Crippen molar-refractivity contribution in [1.82, 2.24) is 10.3 Å². The summed E-state index contributed by atoms with van der Waals surface area (Å²) >= 11 is 0. The second-order valence-electron chi connectivity index (χ2n) is 5.84. The number of nitrogens with zero attached hydrogens (tertiary/aromatic N) is 1. The van der Waals surface area contributed by atoms with Crippen molar-refractivity contribution in [2.24, 2.45) is 11.8 Å². The van der Waals surface area contributed by atoms with Gasteiger partial charge in [0.2, 0.25) is 0 Å². The second kappa shape index (κ2) is 7.43. The van der Waals surface area contributed by atoms with Gasteiger partial charge in [0.15, 0.2) is 0 Å². The van der Waals surface area contributed by atoms with E-state index in [-0.39, 0.29) is 5.91 Å². The molecule has 5 nitrogen and oxygen atoms in total. The highest BCUT2D eigenvalue weighted by Gasteiger charge is 2.26. The molecule has 0 aliphatic carbocycles. The first-order chi connectivity index (χ1) is 10.1. The van der Waals surface area contributed by atoms with Gasteiger partial charge in [0, 0.05) is 18.2 Å². The van der Waals surface area contributed by atoms with E-state index in [1.165, 1.54) is 12.8 Å². The van der Waals surface area contributed by atoms with Gasteiger partial charge in [0.1, 0.15) is 12.4 Å². The topological polar surface area (TPSA) is 67.6 Å². The third-order valence-corrected chi connectivity index (χ3v) is 4.06. The molecule has 5 heteroatoms. The van der Waals surface area contributed by atoms with E-state index in [2.05, 4.69) is 24.2 Å². The highest BCUT2D eigenvalue weighted by molar-refractivity contribution is 5.94. The summed E-state index contributed by atoms with van der Waals surface area (Å²) in [4.78, 5) is 14.0. The molecule has 1 amide bonds. The molecular weight excluding hydrogens is 266 g/mol. The lowest BCUT2D eigenvalue weighted by atomic mass is 10.0. The van der Waals surface area contributed by atoms with E-state index < -0.39 is 0 Å². The fourth-order valence-corrected chi connectivity index (χ4v) is 2.98. The lowest BCUT2D eigenvalue weighted by Crippen LogP contribution is -2.36. The minimum Gasteiger partial charge on any atom is -0.492 e. The molecule has 1 aliphatic rings. The number of nitrogen functional groups attached to an aromatic ring is 1. The summed E-state index contributed by atoms with van der Waals surface area (Å²) in [5.74, 6) is 6.22. The lowest BCUT2D eigenvalue weighted by molar-refractivity contribution is 0.0953. The summed E-state index contributed by atoms with van der Waals surface area (Å²) < 4.78 is 5.77. The Hall–Kier alpha value is -1.59. The van der Waals surface area contributed by atoms with E-state index in [0.29, 0.717) is 29.9 Å². The molecule has 0 bridgehead atoms. The molecule has 2 rings (SSSR count). The molecule has 21 heavy (non-hydrogen) atoms. The van der Waals surface area contributed by atoms with Crippen LogP contribution < -0.4 is 16.0 Å². The van der Waals surface area contributed by atoms with E-state index in [9.17, 15) is 4.79 Å². The first-order valence-electron chi connectivity index (χ1n) is 7.59. The average molecular weight is 291 g/mol. The molecule has 1 saturated heterocycles. The van der Waals surface area contributed by atoms with Gasteiger partial charge >= 0.3 is 0 Å². The van der Waals surface area contributed by atoms with Crippen LogP contribution in [0.4, 0.5) is 0 Å². The Kier molecular flexibility index (Phi) is 5.59. The molecule has 0 saturated carbocycles. The van der Waals surface area contributed by atoms with Crippen LogP contribution in [-0.4, -0.2) is 36.5 Å². The van der Waals surface area contributed by atoms with E-state index in [4.69, 9.17) is 10.6 Å². The maximum atomic E-state index is 11.5. The summed E-state index contributed by atoms with van der Waals surface area (Å²) in [6.45, 7) is 7.27. The van der Waals surface area contributed by atoms with Crippen molar-refractivity contribution in [3.63, 3.8) is 0 Å². The SMILES string of the molecule is CC(C)C1CCCN1CCOc1cccc(C(=O)NN)c1. The first kappa shape index (κ1) is 15.8. The lowest BCUT2D eigenvalue weighted by Gasteiger charge is -2.27. The van der Waals surface area contributed by atoms with Gasteiger partial charge in [-0.15, -0.1) is 0 Å². The van der Waals surface area contributed by atoms with Crippen molar-refractivity contribution >= 4 is 5.91 Å². The third-order valence-electron chi connectivity index (χ3n) is 4.06. The molecule has 1 atom stereocenters. The number of carbonyl (C=O) groups is 1. The smallest absolute Gasteiger partial charge is 0.265 e. The standard InChI is InChI=1S/C16H25N3O2/c1-12(2)15-7-4-8-19(15)9-10-21-14-6-3-5-13(11-14)16(20)18-17/h3,5-6,11-12,15H,4,7-10,17H2,1-2H3,(H,18,20). The molecule has 1 aromatic carbocycles. The molecule has 1 unspecified atom stereocenters. The molecule has 3 N–H and O–H groups in total. The van der Waals surface area contributed by atoms with Crippen molar-refractivity contribution in [1.29, 1.82) is 0 Å². The second-order valence-corrected chi connectivity index (χ2v) is 5.84. The summed E-state index contributed by atoms with van der Waals surface area (Å²) in [5, 5.41) is 0. The molecule has 0 radical (unpaired) electrons. The number of amides is 1. The Morgan fingerprint density at radius 2 is 2.33 bits per heavy atom. The minimum atomic E-state index is -0.306. The number of likely N-dealkylation sites (tertiary alicyclic amines) is 1. The molecule has 1 fully saturated rings. The number of hydrogen-bond acceptors (Lipinski definition) is 4. The summed E-state index contributed by atoms with van der Waals surface area (Å²) in [6.07, 6.45) is 2.55. The maximum Gasteiger partial charge on any atom is 0.265 e. The van der Waals surface area contributed by atoms with Gasteiger partial charge in [-0.05, 0) is 43.5 Å². The van der Waals surface area contributed by atoms with Gasteiger partial charge in [-0.25, -0.2) is 5.84 Å². The number of ether oxygens (including phenoxy) is 1. The summed E-state index contributed by atoms with van der Waals surface area (Å²) in [5.41, 5.74) is 2.64. The van der Waals surface area contributed by atoms with Crippen LogP contribution in [0.2, 0.25) is 0 Å². The van der Waals surface area contributed by atoms with Crippen LogP contribution in [0, 0.1) is 5.92 Å². The molecule has 1 heterocycles. The molecule has 0 spiro atoms. The van der Waals surface area contributed by atoms with E-state index in [0.717, 1.165) is 13.1 Å². The molecule has 116 valence electrons. The Labute approximate surface area is 126 Å². The van der Waals surface area contributed by atoms with Crippen molar-refractivity contribution in [3.8, 4) is 5.75 Å².